The number of hydrogen-bond acceptors (Lipinski definition) is 3. The van der Waals surface area contributed by atoms with E-state index in [4.69, 9.17) is 0 Å². The predicted octanol–water partition coefficient (Wildman–Crippen LogP) is 14.8. The van der Waals surface area contributed by atoms with Crippen LogP contribution < -0.4 is 5.32 Å². The van der Waals surface area contributed by atoms with Gasteiger partial charge in [0.15, 0.2) is 0 Å². The summed E-state index contributed by atoms with van der Waals surface area (Å²) in [5.41, 5.74) is 0. The minimum atomic E-state index is -0.834. The number of aliphatic hydroxyl groups excluding tert-OH is 2. The lowest BCUT2D eigenvalue weighted by Crippen LogP contribution is -2.45. The van der Waals surface area contributed by atoms with Gasteiger partial charge in [-0.2, -0.15) is 0 Å². The second-order valence-electron chi connectivity index (χ2n) is 16.2. The zero-order chi connectivity index (χ0) is 37.8. The van der Waals surface area contributed by atoms with E-state index in [1.165, 1.54) is 212 Å². The molecule has 0 aliphatic rings. The van der Waals surface area contributed by atoms with Gasteiger partial charge in [0, 0.05) is 6.42 Å². The van der Waals surface area contributed by atoms with Crippen LogP contribution in [0, 0.1) is 0 Å². The van der Waals surface area contributed by atoms with Crippen molar-refractivity contribution < 1.29 is 15.0 Å². The van der Waals surface area contributed by atoms with E-state index >= 15 is 0 Å². The van der Waals surface area contributed by atoms with Crippen molar-refractivity contribution in [3.05, 3.63) is 24.3 Å². The zero-order valence-corrected chi connectivity index (χ0v) is 35.3. The van der Waals surface area contributed by atoms with Crippen LogP contribution in [-0.4, -0.2) is 34.9 Å². The molecular weight excluding hydrogens is 639 g/mol. The number of nitrogens with one attached hydrogen (secondary N) is 1. The molecule has 0 aliphatic heterocycles. The van der Waals surface area contributed by atoms with Crippen molar-refractivity contribution in [2.75, 3.05) is 6.61 Å². The number of rotatable bonds is 43. The average molecular weight is 732 g/mol. The van der Waals surface area contributed by atoms with Crippen molar-refractivity contribution in [3.8, 4) is 0 Å². The largest absolute Gasteiger partial charge is 0.394 e. The molecule has 0 heterocycles. The standard InChI is InChI=1S/C48H93NO3/c1-3-5-7-9-11-13-15-16-17-18-19-20-21-22-23-24-25-26-27-28-29-30-31-32-33-34-36-38-40-42-44-48(52)49-46(45-50)47(51)43-41-39-37-35-14-12-10-8-6-4-2/h22-23,41,43,46-47,50-51H,3-21,24-40,42,44-45H2,1-2H3,(H,49,52)/b23-22-,43-41+. The Morgan fingerprint density at radius 3 is 1.06 bits per heavy atom. The van der Waals surface area contributed by atoms with E-state index in [1.807, 2.05) is 6.08 Å². The molecule has 0 spiro atoms. The maximum atomic E-state index is 12.4. The molecule has 52 heavy (non-hydrogen) atoms. The van der Waals surface area contributed by atoms with Gasteiger partial charge < -0.3 is 15.5 Å². The number of aliphatic hydroxyl groups is 2. The first kappa shape index (κ1) is 50.9. The molecule has 308 valence electrons. The van der Waals surface area contributed by atoms with Crippen LogP contribution in [0.5, 0.6) is 0 Å². The summed E-state index contributed by atoms with van der Waals surface area (Å²) in [4.78, 5) is 12.4. The first-order chi connectivity index (χ1) is 25.7. The summed E-state index contributed by atoms with van der Waals surface area (Å²) >= 11 is 0. The third-order valence-corrected chi connectivity index (χ3v) is 10.9. The highest BCUT2D eigenvalue weighted by Crippen LogP contribution is 2.16. The highest BCUT2D eigenvalue weighted by atomic mass is 16.3. The lowest BCUT2D eigenvalue weighted by Gasteiger charge is -2.20. The van der Waals surface area contributed by atoms with Crippen LogP contribution in [0.3, 0.4) is 0 Å². The SMILES string of the molecule is CCCCCCCCCC/C=C/C(O)C(CO)NC(=O)CCCCCCCCCCCCCCCC/C=C\CCCCCCCCCCCCCC. The number of unbranched alkanes of at least 4 members (excludes halogenated alkanes) is 34. The van der Waals surface area contributed by atoms with Crippen molar-refractivity contribution in [2.24, 2.45) is 0 Å². The van der Waals surface area contributed by atoms with E-state index in [9.17, 15) is 15.0 Å². The minimum absolute atomic E-state index is 0.0633. The maximum absolute atomic E-state index is 12.4. The van der Waals surface area contributed by atoms with Crippen LogP contribution in [-0.2, 0) is 4.79 Å². The van der Waals surface area contributed by atoms with Crippen LogP contribution in [0.1, 0.15) is 258 Å². The van der Waals surface area contributed by atoms with Gasteiger partial charge in [0.2, 0.25) is 5.91 Å². The summed E-state index contributed by atoms with van der Waals surface area (Å²) in [6.07, 6.45) is 57.4. The molecule has 3 N–H and O–H groups in total. The van der Waals surface area contributed by atoms with E-state index in [0.717, 1.165) is 25.7 Å². The second kappa shape index (κ2) is 44.3. The van der Waals surface area contributed by atoms with Gasteiger partial charge in [-0.1, -0.05) is 231 Å². The first-order valence-corrected chi connectivity index (χ1v) is 23.6. The molecule has 4 nitrogen and oxygen atoms in total. The van der Waals surface area contributed by atoms with E-state index in [2.05, 4.69) is 31.3 Å². The quantitative estimate of drug-likeness (QED) is 0.0432. The maximum Gasteiger partial charge on any atom is 0.220 e. The van der Waals surface area contributed by atoms with Gasteiger partial charge in [-0.3, -0.25) is 4.79 Å². The van der Waals surface area contributed by atoms with Gasteiger partial charge in [-0.25, -0.2) is 0 Å². The number of hydrogen-bond donors (Lipinski definition) is 3. The monoisotopic (exact) mass is 732 g/mol. The Labute approximate surface area is 326 Å². The second-order valence-corrected chi connectivity index (χ2v) is 16.2. The highest BCUT2D eigenvalue weighted by Gasteiger charge is 2.17. The third kappa shape index (κ3) is 40.1. The molecule has 2 atom stereocenters. The van der Waals surface area contributed by atoms with Gasteiger partial charge in [-0.05, 0) is 44.9 Å². The molecule has 0 bridgehead atoms. The topological polar surface area (TPSA) is 69.6 Å². The summed E-state index contributed by atoms with van der Waals surface area (Å²) < 4.78 is 0. The van der Waals surface area contributed by atoms with Crippen LogP contribution in [0.4, 0.5) is 0 Å². The summed E-state index contributed by atoms with van der Waals surface area (Å²) in [6, 6.07) is -0.617. The molecule has 0 aliphatic carbocycles. The molecular formula is C48H93NO3. The Morgan fingerprint density at radius 2 is 0.731 bits per heavy atom. The third-order valence-electron chi connectivity index (χ3n) is 10.9. The minimum Gasteiger partial charge on any atom is -0.394 e. The van der Waals surface area contributed by atoms with Crippen molar-refractivity contribution >= 4 is 5.91 Å². The Morgan fingerprint density at radius 1 is 0.442 bits per heavy atom. The smallest absolute Gasteiger partial charge is 0.220 e. The lowest BCUT2D eigenvalue weighted by molar-refractivity contribution is -0.123. The molecule has 0 aromatic heterocycles. The first-order valence-electron chi connectivity index (χ1n) is 23.6. The Hall–Kier alpha value is -1.13. The Balaban J connectivity index is 3.42. The molecule has 0 aromatic carbocycles. The number of allylic oxidation sites excluding steroid dienone is 3. The number of amides is 1. The summed E-state index contributed by atoms with van der Waals surface area (Å²) in [6.45, 7) is 4.30. The molecule has 2 unspecified atom stereocenters. The van der Waals surface area contributed by atoms with Gasteiger partial charge in [-0.15, -0.1) is 0 Å². The van der Waals surface area contributed by atoms with E-state index in [-0.39, 0.29) is 12.5 Å². The van der Waals surface area contributed by atoms with Crippen molar-refractivity contribution in [3.63, 3.8) is 0 Å². The van der Waals surface area contributed by atoms with E-state index in [1.54, 1.807) is 6.08 Å². The van der Waals surface area contributed by atoms with Gasteiger partial charge in [0.25, 0.3) is 0 Å². The van der Waals surface area contributed by atoms with Crippen LogP contribution in [0.25, 0.3) is 0 Å². The summed E-state index contributed by atoms with van der Waals surface area (Å²) in [5.74, 6) is -0.0633. The zero-order valence-electron chi connectivity index (χ0n) is 35.3. The summed E-state index contributed by atoms with van der Waals surface area (Å²) in [7, 11) is 0. The van der Waals surface area contributed by atoms with Crippen molar-refractivity contribution in [1.82, 2.24) is 5.32 Å². The molecule has 0 saturated heterocycles. The Bertz CT molecular complexity index is 750. The molecule has 0 aromatic rings. The predicted molar refractivity (Wildman–Crippen MR) is 230 cm³/mol. The summed E-state index contributed by atoms with van der Waals surface area (Å²) in [5, 5.41) is 22.9. The molecule has 4 heteroatoms. The Kier molecular flexibility index (Phi) is 43.3. The van der Waals surface area contributed by atoms with Gasteiger partial charge >= 0.3 is 0 Å². The molecule has 1 amide bonds. The van der Waals surface area contributed by atoms with Crippen LogP contribution in [0.2, 0.25) is 0 Å². The fraction of sp³-hybridized carbons (Fsp3) is 0.896. The fourth-order valence-electron chi connectivity index (χ4n) is 7.29. The van der Waals surface area contributed by atoms with Crippen molar-refractivity contribution in [2.45, 2.75) is 270 Å². The average Bonchev–Trinajstić information content (AvgIpc) is 3.15. The fourth-order valence-corrected chi connectivity index (χ4v) is 7.29. The van der Waals surface area contributed by atoms with Crippen LogP contribution in [0.15, 0.2) is 24.3 Å². The molecule has 0 rings (SSSR count). The van der Waals surface area contributed by atoms with E-state index in [0.29, 0.717) is 6.42 Å². The molecule has 0 fully saturated rings. The van der Waals surface area contributed by atoms with Gasteiger partial charge in [0.1, 0.15) is 0 Å². The van der Waals surface area contributed by atoms with Gasteiger partial charge in [0.05, 0.1) is 18.8 Å². The lowest BCUT2D eigenvalue weighted by atomic mass is 10.0. The highest BCUT2D eigenvalue weighted by molar-refractivity contribution is 5.76. The number of carbonyl (C=O) groups is 1. The van der Waals surface area contributed by atoms with Crippen molar-refractivity contribution in [1.29, 1.82) is 0 Å². The molecule has 0 radical (unpaired) electrons. The molecule has 0 saturated carbocycles. The van der Waals surface area contributed by atoms with E-state index < -0.39 is 12.1 Å². The van der Waals surface area contributed by atoms with Crippen LogP contribution >= 0.6 is 0 Å². The normalized spacial score (nSPS) is 13.1. The number of carbonyl (C=O) groups excluding carboxylic acids is 1.